The molecule has 0 amide bonds. The Morgan fingerprint density at radius 3 is 2.50 bits per heavy atom. The summed E-state index contributed by atoms with van der Waals surface area (Å²) in [7, 11) is 0. The summed E-state index contributed by atoms with van der Waals surface area (Å²) in [6, 6.07) is 4.24. The zero-order valence-corrected chi connectivity index (χ0v) is 8.00. The quantitative estimate of drug-likeness (QED) is 0.749. The minimum Gasteiger partial charge on any atom is -0.466 e. The van der Waals surface area contributed by atoms with Crippen LogP contribution in [0.3, 0.4) is 0 Å². The van der Waals surface area contributed by atoms with E-state index in [9.17, 15) is 0 Å². The largest absolute Gasteiger partial charge is 0.466 e. The van der Waals surface area contributed by atoms with Gasteiger partial charge in [0.25, 0.3) is 0 Å². The molecular formula is C10H17NO. The Balaban J connectivity index is 2.52. The van der Waals surface area contributed by atoms with Crippen LogP contribution in [0.15, 0.2) is 16.5 Å². The topological polar surface area (TPSA) is 39.2 Å². The van der Waals surface area contributed by atoms with Crippen molar-refractivity contribution >= 4 is 0 Å². The maximum atomic E-state index is 5.75. The van der Waals surface area contributed by atoms with Gasteiger partial charge < -0.3 is 10.2 Å². The second kappa shape index (κ2) is 3.76. The number of hydrogen-bond donors (Lipinski definition) is 1. The molecule has 1 heterocycles. The van der Waals surface area contributed by atoms with E-state index in [1.807, 2.05) is 26.0 Å². The number of nitrogens with two attached hydrogens (primary N) is 1. The van der Waals surface area contributed by atoms with Crippen molar-refractivity contribution in [3.05, 3.63) is 23.7 Å². The Labute approximate surface area is 73.8 Å². The minimum absolute atomic E-state index is 0.232. The molecule has 1 aromatic rings. The van der Waals surface area contributed by atoms with Crippen molar-refractivity contribution in [3.63, 3.8) is 0 Å². The molecule has 0 fully saturated rings. The summed E-state index contributed by atoms with van der Waals surface area (Å²) < 4.78 is 5.45. The predicted molar refractivity (Wildman–Crippen MR) is 50.0 cm³/mol. The third-order valence-electron chi connectivity index (χ3n) is 2.22. The normalized spacial score (nSPS) is 16.0. The van der Waals surface area contributed by atoms with E-state index < -0.39 is 0 Å². The van der Waals surface area contributed by atoms with Crippen LogP contribution in [0.25, 0.3) is 0 Å². The third kappa shape index (κ3) is 2.38. The summed E-state index contributed by atoms with van der Waals surface area (Å²) >= 11 is 0. The molecule has 68 valence electrons. The van der Waals surface area contributed by atoms with Crippen LogP contribution in [-0.4, -0.2) is 6.04 Å². The Kier molecular flexibility index (Phi) is 2.93. The summed E-state index contributed by atoms with van der Waals surface area (Å²) in [6.07, 6.45) is 0.936. The average Bonchev–Trinajstić information content (AvgIpc) is 2.35. The first-order valence-electron chi connectivity index (χ1n) is 4.40. The standard InChI is InChI=1S/C10H17NO/c1-7(9(3)11)6-10-5-4-8(2)12-10/h4-5,7,9H,6,11H2,1-3H3. The highest BCUT2D eigenvalue weighted by Gasteiger charge is 2.10. The van der Waals surface area contributed by atoms with E-state index in [1.54, 1.807) is 0 Å². The van der Waals surface area contributed by atoms with Gasteiger partial charge in [-0.1, -0.05) is 6.92 Å². The van der Waals surface area contributed by atoms with Crippen LogP contribution in [0, 0.1) is 12.8 Å². The average molecular weight is 167 g/mol. The van der Waals surface area contributed by atoms with Crippen molar-refractivity contribution in [1.29, 1.82) is 0 Å². The molecule has 2 atom stereocenters. The van der Waals surface area contributed by atoms with E-state index in [1.165, 1.54) is 0 Å². The second-order valence-electron chi connectivity index (χ2n) is 3.55. The van der Waals surface area contributed by atoms with Gasteiger partial charge in [0.15, 0.2) is 0 Å². The lowest BCUT2D eigenvalue weighted by Gasteiger charge is -2.13. The molecule has 0 aliphatic heterocycles. The smallest absolute Gasteiger partial charge is 0.104 e. The second-order valence-corrected chi connectivity index (χ2v) is 3.55. The molecule has 0 aliphatic rings. The highest BCUT2D eigenvalue weighted by molar-refractivity contribution is 5.06. The minimum atomic E-state index is 0.232. The van der Waals surface area contributed by atoms with Gasteiger partial charge in [0.1, 0.15) is 11.5 Å². The third-order valence-corrected chi connectivity index (χ3v) is 2.22. The van der Waals surface area contributed by atoms with Gasteiger partial charge in [-0.3, -0.25) is 0 Å². The molecule has 0 radical (unpaired) electrons. The van der Waals surface area contributed by atoms with Gasteiger partial charge in [-0.2, -0.15) is 0 Å². The van der Waals surface area contributed by atoms with Gasteiger partial charge in [0, 0.05) is 12.5 Å². The lowest BCUT2D eigenvalue weighted by Crippen LogP contribution is -2.25. The molecular weight excluding hydrogens is 150 g/mol. The molecule has 2 nitrogen and oxygen atoms in total. The molecule has 0 aliphatic carbocycles. The van der Waals surface area contributed by atoms with Crippen LogP contribution in [0.4, 0.5) is 0 Å². The fourth-order valence-electron chi connectivity index (χ4n) is 1.10. The molecule has 0 aromatic carbocycles. The fourth-order valence-corrected chi connectivity index (χ4v) is 1.10. The Hall–Kier alpha value is -0.760. The number of furan rings is 1. The summed E-state index contributed by atoms with van der Waals surface area (Å²) in [5.74, 6) is 2.50. The van der Waals surface area contributed by atoms with Crippen LogP contribution < -0.4 is 5.73 Å². The fraction of sp³-hybridized carbons (Fsp3) is 0.600. The molecule has 1 aromatic heterocycles. The van der Waals surface area contributed by atoms with E-state index in [4.69, 9.17) is 10.2 Å². The van der Waals surface area contributed by atoms with Crippen molar-refractivity contribution in [2.24, 2.45) is 11.7 Å². The number of rotatable bonds is 3. The van der Waals surface area contributed by atoms with Gasteiger partial charge in [0.05, 0.1) is 0 Å². The number of hydrogen-bond acceptors (Lipinski definition) is 2. The maximum absolute atomic E-state index is 5.75. The van der Waals surface area contributed by atoms with Crippen LogP contribution in [0.1, 0.15) is 25.4 Å². The van der Waals surface area contributed by atoms with Crippen molar-refractivity contribution < 1.29 is 4.42 Å². The van der Waals surface area contributed by atoms with Crippen molar-refractivity contribution in [2.75, 3.05) is 0 Å². The van der Waals surface area contributed by atoms with E-state index in [0.29, 0.717) is 5.92 Å². The SMILES string of the molecule is Cc1ccc(CC(C)C(C)N)o1. The van der Waals surface area contributed by atoms with Crippen LogP contribution in [0.5, 0.6) is 0 Å². The molecule has 0 saturated carbocycles. The van der Waals surface area contributed by atoms with Gasteiger partial charge in [0.2, 0.25) is 0 Å². The number of aryl methyl sites for hydroxylation is 1. The van der Waals surface area contributed by atoms with Gasteiger partial charge in [-0.05, 0) is 31.9 Å². The summed E-state index contributed by atoms with van der Waals surface area (Å²) in [6.45, 7) is 6.13. The first-order chi connectivity index (χ1) is 5.59. The lowest BCUT2D eigenvalue weighted by atomic mass is 9.99. The Bertz CT molecular complexity index is 240. The highest BCUT2D eigenvalue weighted by atomic mass is 16.3. The van der Waals surface area contributed by atoms with E-state index in [-0.39, 0.29) is 6.04 Å². The van der Waals surface area contributed by atoms with Gasteiger partial charge in [-0.15, -0.1) is 0 Å². The monoisotopic (exact) mass is 167 g/mol. The Morgan fingerprint density at radius 1 is 1.42 bits per heavy atom. The summed E-state index contributed by atoms with van der Waals surface area (Å²) in [5.41, 5.74) is 5.75. The lowest BCUT2D eigenvalue weighted by molar-refractivity contribution is 0.409. The molecule has 2 unspecified atom stereocenters. The summed E-state index contributed by atoms with van der Waals surface area (Å²) in [5, 5.41) is 0. The predicted octanol–water partition coefficient (Wildman–Crippen LogP) is 2.11. The van der Waals surface area contributed by atoms with E-state index in [0.717, 1.165) is 17.9 Å². The summed E-state index contributed by atoms with van der Waals surface area (Å²) in [4.78, 5) is 0. The van der Waals surface area contributed by atoms with Gasteiger partial charge >= 0.3 is 0 Å². The molecule has 0 spiro atoms. The highest BCUT2D eigenvalue weighted by Crippen LogP contribution is 2.13. The van der Waals surface area contributed by atoms with Gasteiger partial charge in [-0.25, -0.2) is 0 Å². The maximum Gasteiger partial charge on any atom is 0.104 e. The molecule has 0 bridgehead atoms. The van der Waals surface area contributed by atoms with Crippen molar-refractivity contribution in [3.8, 4) is 0 Å². The molecule has 12 heavy (non-hydrogen) atoms. The molecule has 2 N–H and O–H groups in total. The Morgan fingerprint density at radius 2 is 2.08 bits per heavy atom. The first kappa shape index (κ1) is 9.33. The van der Waals surface area contributed by atoms with Crippen LogP contribution >= 0.6 is 0 Å². The molecule has 1 rings (SSSR count). The van der Waals surface area contributed by atoms with E-state index >= 15 is 0 Å². The molecule has 2 heteroatoms. The van der Waals surface area contributed by atoms with Crippen LogP contribution in [-0.2, 0) is 6.42 Å². The van der Waals surface area contributed by atoms with Crippen LogP contribution in [0.2, 0.25) is 0 Å². The van der Waals surface area contributed by atoms with Crippen molar-refractivity contribution in [1.82, 2.24) is 0 Å². The van der Waals surface area contributed by atoms with Crippen molar-refractivity contribution in [2.45, 2.75) is 33.2 Å². The molecule has 0 saturated heterocycles. The zero-order valence-electron chi connectivity index (χ0n) is 8.00. The van der Waals surface area contributed by atoms with E-state index in [2.05, 4.69) is 6.92 Å². The zero-order chi connectivity index (χ0) is 9.14. The first-order valence-corrected chi connectivity index (χ1v) is 4.40.